The van der Waals surface area contributed by atoms with Gasteiger partial charge in [0.25, 0.3) is 0 Å². The van der Waals surface area contributed by atoms with Crippen molar-refractivity contribution in [3.63, 3.8) is 0 Å². The standard InChI is InChI=1S/C10H20O/c1-9-4-6-10(7-5-9)3-2-8-11/h9-11H,2-8H2,1H3. The maximum absolute atomic E-state index is 8.65. The fraction of sp³-hybridized carbons (Fsp3) is 1.00. The summed E-state index contributed by atoms with van der Waals surface area (Å²) in [5, 5.41) is 8.65. The van der Waals surface area contributed by atoms with Gasteiger partial charge in [-0.15, -0.1) is 0 Å². The highest BCUT2D eigenvalue weighted by atomic mass is 16.2. The van der Waals surface area contributed by atoms with E-state index in [1.165, 1.54) is 32.1 Å². The van der Waals surface area contributed by atoms with E-state index in [4.69, 9.17) is 5.11 Å². The Labute approximate surface area is 69.8 Å². The van der Waals surface area contributed by atoms with Crippen molar-refractivity contribution in [1.82, 2.24) is 0 Å². The van der Waals surface area contributed by atoms with Crippen LogP contribution in [-0.4, -0.2) is 11.7 Å². The Hall–Kier alpha value is -0.0400. The zero-order chi connectivity index (χ0) is 8.10. The van der Waals surface area contributed by atoms with Crippen LogP contribution in [0.5, 0.6) is 0 Å². The van der Waals surface area contributed by atoms with Crippen LogP contribution in [0.2, 0.25) is 0 Å². The minimum atomic E-state index is 0.381. The van der Waals surface area contributed by atoms with Gasteiger partial charge in [0, 0.05) is 6.61 Å². The molecule has 0 heterocycles. The van der Waals surface area contributed by atoms with Gasteiger partial charge in [-0.2, -0.15) is 0 Å². The molecule has 1 saturated carbocycles. The number of rotatable bonds is 3. The van der Waals surface area contributed by atoms with Gasteiger partial charge in [0.15, 0.2) is 0 Å². The lowest BCUT2D eigenvalue weighted by molar-refractivity contribution is 0.235. The highest BCUT2D eigenvalue weighted by Crippen LogP contribution is 2.30. The quantitative estimate of drug-likeness (QED) is 0.666. The molecule has 1 aliphatic rings. The normalized spacial score (nSPS) is 32.2. The Morgan fingerprint density at radius 3 is 2.36 bits per heavy atom. The van der Waals surface area contributed by atoms with Gasteiger partial charge < -0.3 is 5.11 Å². The first-order valence-corrected chi connectivity index (χ1v) is 4.93. The maximum Gasteiger partial charge on any atom is 0.0431 e. The van der Waals surface area contributed by atoms with Gasteiger partial charge in [-0.1, -0.05) is 32.6 Å². The Kier molecular flexibility index (Phi) is 3.92. The highest BCUT2D eigenvalue weighted by Gasteiger charge is 2.17. The van der Waals surface area contributed by atoms with Crippen molar-refractivity contribution in [3.8, 4) is 0 Å². The van der Waals surface area contributed by atoms with Crippen molar-refractivity contribution in [2.24, 2.45) is 11.8 Å². The van der Waals surface area contributed by atoms with Crippen molar-refractivity contribution >= 4 is 0 Å². The van der Waals surface area contributed by atoms with Gasteiger partial charge >= 0.3 is 0 Å². The first-order chi connectivity index (χ1) is 5.33. The van der Waals surface area contributed by atoms with E-state index in [0.717, 1.165) is 18.3 Å². The molecule has 1 aliphatic carbocycles. The Bertz CT molecular complexity index is 90.3. The largest absolute Gasteiger partial charge is 0.396 e. The van der Waals surface area contributed by atoms with Crippen LogP contribution in [-0.2, 0) is 0 Å². The molecule has 1 N–H and O–H groups in total. The summed E-state index contributed by atoms with van der Waals surface area (Å²) in [7, 11) is 0. The molecule has 0 bridgehead atoms. The zero-order valence-corrected chi connectivity index (χ0v) is 7.55. The van der Waals surface area contributed by atoms with E-state index in [2.05, 4.69) is 6.92 Å². The van der Waals surface area contributed by atoms with Crippen LogP contribution in [0.3, 0.4) is 0 Å². The summed E-state index contributed by atoms with van der Waals surface area (Å²) in [6.07, 6.45) is 7.90. The zero-order valence-electron chi connectivity index (χ0n) is 7.55. The van der Waals surface area contributed by atoms with Crippen molar-refractivity contribution in [3.05, 3.63) is 0 Å². The summed E-state index contributed by atoms with van der Waals surface area (Å²) in [5.41, 5.74) is 0. The van der Waals surface area contributed by atoms with E-state index in [1.807, 2.05) is 0 Å². The lowest BCUT2D eigenvalue weighted by Crippen LogP contribution is -2.12. The van der Waals surface area contributed by atoms with Crippen LogP contribution in [0, 0.1) is 11.8 Å². The molecule has 0 aromatic rings. The second-order valence-electron chi connectivity index (χ2n) is 3.99. The molecule has 0 spiro atoms. The van der Waals surface area contributed by atoms with Gasteiger partial charge in [-0.25, -0.2) is 0 Å². The smallest absolute Gasteiger partial charge is 0.0431 e. The average molecular weight is 156 g/mol. The lowest BCUT2D eigenvalue weighted by Gasteiger charge is -2.25. The molecule has 0 amide bonds. The summed E-state index contributed by atoms with van der Waals surface area (Å²) in [4.78, 5) is 0. The first kappa shape index (κ1) is 9.05. The first-order valence-electron chi connectivity index (χ1n) is 4.93. The van der Waals surface area contributed by atoms with Gasteiger partial charge in [0.05, 0.1) is 0 Å². The third-order valence-corrected chi connectivity index (χ3v) is 2.91. The van der Waals surface area contributed by atoms with E-state index < -0.39 is 0 Å². The van der Waals surface area contributed by atoms with Crippen molar-refractivity contribution in [1.29, 1.82) is 0 Å². The summed E-state index contributed by atoms with van der Waals surface area (Å²) in [6, 6.07) is 0. The van der Waals surface area contributed by atoms with Crippen LogP contribution in [0.1, 0.15) is 45.4 Å². The molecular formula is C10H20O. The third-order valence-electron chi connectivity index (χ3n) is 2.91. The van der Waals surface area contributed by atoms with Crippen LogP contribution in [0.25, 0.3) is 0 Å². The maximum atomic E-state index is 8.65. The minimum absolute atomic E-state index is 0.381. The summed E-state index contributed by atoms with van der Waals surface area (Å²) in [5.74, 6) is 1.89. The van der Waals surface area contributed by atoms with E-state index >= 15 is 0 Å². The van der Waals surface area contributed by atoms with Crippen molar-refractivity contribution in [2.45, 2.75) is 45.4 Å². The molecule has 1 rings (SSSR count). The SMILES string of the molecule is CC1CCC(CCCO)CC1. The van der Waals surface area contributed by atoms with Crippen molar-refractivity contribution < 1.29 is 5.11 Å². The number of aliphatic hydroxyl groups excluding tert-OH is 1. The molecule has 0 unspecified atom stereocenters. The minimum Gasteiger partial charge on any atom is -0.396 e. The number of hydrogen-bond donors (Lipinski definition) is 1. The summed E-state index contributed by atoms with van der Waals surface area (Å²) in [6.45, 7) is 2.73. The number of hydrogen-bond acceptors (Lipinski definition) is 1. The van der Waals surface area contributed by atoms with Gasteiger partial charge in [0.2, 0.25) is 0 Å². The van der Waals surface area contributed by atoms with E-state index in [1.54, 1.807) is 0 Å². The van der Waals surface area contributed by atoms with Crippen LogP contribution in [0.15, 0.2) is 0 Å². The fourth-order valence-corrected chi connectivity index (χ4v) is 2.00. The molecule has 0 aromatic carbocycles. The Morgan fingerprint density at radius 1 is 1.18 bits per heavy atom. The van der Waals surface area contributed by atoms with E-state index in [9.17, 15) is 0 Å². The van der Waals surface area contributed by atoms with Gasteiger partial charge in [-0.05, 0) is 24.7 Å². The van der Waals surface area contributed by atoms with Crippen LogP contribution in [0.4, 0.5) is 0 Å². The molecule has 1 nitrogen and oxygen atoms in total. The van der Waals surface area contributed by atoms with E-state index in [-0.39, 0.29) is 0 Å². The predicted molar refractivity (Wildman–Crippen MR) is 47.4 cm³/mol. The molecule has 0 atom stereocenters. The lowest BCUT2D eigenvalue weighted by atomic mass is 9.81. The van der Waals surface area contributed by atoms with Gasteiger partial charge in [-0.3, -0.25) is 0 Å². The molecule has 11 heavy (non-hydrogen) atoms. The molecule has 0 saturated heterocycles. The monoisotopic (exact) mass is 156 g/mol. The third kappa shape index (κ3) is 3.24. The molecule has 66 valence electrons. The highest BCUT2D eigenvalue weighted by molar-refractivity contribution is 4.69. The summed E-state index contributed by atoms with van der Waals surface area (Å²) >= 11 is 0. The molecule has 0 aromatic heterocycles. The molecule has 0 aliphatic heterocycles. The van der Waals surface area contributed by atoms with Crippen molar-refractivity contribution in [2.75, 3.05) is 6.61 Å². The summed E-state index contributed by atoms with van der Waals surface area (Å²) < 4.78 is 0. The Balaban J connectivity index is 2.07. The second kappa shape index (κ2) is 4.76. The number of aliphatic hydroxyl groups is 1. The second-order valence-corrected chi connectivity index (χ2v) is 3.99. The molecule has 1 fully saturated rings. The topological polar surface area (TPSA) is 20.2 Å². The molecule has 0 radical (unpaired) electrons. The fourth-order valence-electron chi connectivity index (χ4n) is 2.00. The average Bonchev–Trinajstić information content (AvgIpc) is 2.04. The molecular weight excluding hydrogens is 136 g/mol. The molecule has 1 heteroatoms. The van der Waals surface area contributed by atoms with Gasteiger partial charge in [0.1, 0.15) is 0 Å². The predicted octanol–water partition coefficient (Wildman–Crippen LogP) is 2.59. The van der Waals surface area contributed by atoms with Crippen LogP contribution >= 0.6 is 0 Å². The van der Waals surface area contributed by atoms with E-state index in [0.29, 0.717) is 6.61 Å². The van der Waals surface area contributed by atoms with Crippen LogP contribution < -0.4 is 0 Å². The Morgan fingerprint density at radius 2 is 1.82 bits per heavy atom.